The quantitative estimate of drug-likeness (QED) is 0.686. The standard InChI is InChI=1S/C17H22BrN5O2/c1-11-21-15(10-16(22-11)23(2)3)19-7-8-20-17(24)13-9-12(25-4)5-6-14(13)18/h5-6,9-10H,7-8H2,1-4H3,(H,20,24)(H,19,21,22). The van der Waals surface area contributed by atoms with Gasteiger partial charge in [-0.25, -0.2) is 9.97 Å². The average Bonchev–Trinajstić information content (AvgIpc) is 2.58. The summed E-state index contributed by atoms with van der Waals surface area (Å²) in [4.78, 5) is 22.9. The Bertz CT molecular complexity index is 752. The monoisotopic (exact) mass is 407 g/mol. The predicted octanol–water partition coefficient (Wildman–Crippen LogP) is 2.46. The number of amides is 1. The smallest absolute Gasteiger partial charge is 0.252 e. The summed E-state index contributed by atoms with van der Waals surface area (Å²) in [5.74, 6) is 2.73. The number of benzene rings is 1. The Kier molecular flexibility index (Phi) is 6.58. The van der Waals surface area contributed by atoms with Crippen LogP contribution >= 0.6 is 15.9 Å². The minimum atomic E-state index is -0.166. The molecule has 1 aromatic carbocycles. The number of aromatic nitrogens is 2. The van der Waals surface area contributed by atoms with Crippen LogP contribution in [-0.4, -0.2) is 50.2 Å². The zero-order valence-electron chi connectivity index (χ0n) is 14.8. The largest absolute Gasteiger partial charge is 0.497 e. The van der Waals surface area contributed by atoms with Gasteiger partial charge in [0.05, 0.1) is 12.7 Å². The number of hydrogen-bond acceptors (Lipinski definition) is 6. The van der Waals surface area contributed by atoms with E-state index in [4.69, 9.17) is 4.74 Å². The molecule has 1 amide bonds. The molecule has 0 saturated heterocycles. The van der Waals surface area contributed by atoms with Gasteiger partial charge in [0.2, 0.25) is 0 Å². The number of halogens is 1. The number of hydrogen-bond donors (Lipinski definition) is 2. The van der Waals surface area contributed by atoms with Crippen molar-refractivity contribution >= 4 is 33.5 Å². The molecule has 8 heteroatoms. The fourth-order valence-corrected chi connectivity index (χ4v) is 2.57. The maximum atomic E-state index is 12.3. The molecule has 1 heterocycles. The first kappa shape index (κ1) is 19.0. The summed E-state index contributed by atoms with van der Waals surface area (Å²) in [6.45, 7) is 2.86. The highest BCUT2D eigenvalue weighted by Gasteiger charge is 2.11. The number of ether oxygens (including phenoxy) is 1. The summed E-state index contributed by atoms with van der Waals surface area (Å²) >= 11 is 3.38. The summed E-state index contributed by atoms with van der Waals surface area (Å²) in [7, 11) is 5.43. The fourth-order valence-electron chi connectivity index (χ4n) is 2.14. The third-order valence-corrected chi connectivity index (χ3v) is 4.11. The van der Waals surface area contributed by atoms with Gasteiger partial charge in [0.25, 0.3) is 5.91 Å². The van der Waals surface area contributed by atoms with Crippen LogP contribution in [0.4, 0.5) is 11.6 Å². The van der Waals surface area contributed by atoms with E-state index in [-0.39, 0.29) is 5.91 Å². The predicted molar refractivity (Wildman–Crippen MR) is 103 cm³/mol. The molecule has 0 bridgehead atoms. The number of methoxy groups -OCH3 is 1. The summed E-state index contributed by atoms with van der Waals surface area (Å²) in [5, 5.41) is 6.07. The first-order valence-corrected chi connectivity index (χ1v) is 8.58. The van der Waals surface area contributed by atoms with Crippen LogP contribution in [0.25, 0.3) is 0 Å². The number of carbonyl (C=O) groups is 1. The maximum Gasteiger partial charge on any atom is 0.252 e. The number of rotatable bonds is 7. The number of carbonyl (C=O) groups excluding carboxylic acids is 1. The van der Waals surface area contributed by atoms with Gasteiger partial charge in [-0.3, -0.25) is 4.79 Å². The van der Waals surface area contributed by atoms with Crippen LogP contribution in [0, 0.1) is 6.92 Å². The second-order valence-electron chi connectivity index (χ2n) is 5.58. The summed E-state index contributed by atoms with van der Waals surface area (Å²) in [5.41, 5.74) is 0.534. The van der Waals surface area contributed by atoms with Gasteiger partial charge in [-0.05, 0) is 41.1 Å². The lowest BCUT2D eigenvalue weighted by Gasteiger charge is -2.14. The molecule has 0 aliphatic carbocycles. The molecule has 0 spiro atoms. The molecule has 0 aliphatic rings. The molecule has 134 valence electrons. The summed E-state index contributed by atoms with van der Waals surface area (Å²) in [6.07, 6.45) is 0. The summed E-state index contributed by atoms with van der Waals surface area (Å²) in [6, 6.07) is 7.15. The van der Waals surface area contributed by atoms with Crippen LogP contribution in [0.3, 0.4) is 0 Å². The lowest BCUT2D eigenvalue weighted by atomic mass is 10.2. The molecule has 2 rings (SSSR count). The van der Waals surface area contributed by atoms with E-state index in [0.717, 1.165) is 16.1 Å². The number of aryl methyl sites for hydroxylation is 1. The third-order valence-electron chi connectivity index (χ3n) is 3.42. The van der Waals surface area contributed by atoms with E-state index in [9.17, 15) is 4.79 Å². The van der Waals surface area contributed by atoms with Crippen LogP contribution in [0.1, 0.15) is 16.2 Å². The van der Waals surface area contributed by atoms with Crippen LogP contribution < -0.4 is 20.3 Å². The molecule has 7 nitrogen and oxygen atoms in total. The highest BCUT2D eigenvalue weighted by molar-refractivity contribution is 9.10. The van der Waals surface area contributed by atoms with Gasteiger partial charge in [0.1, 0.15) is 23.2 Å². The van der Waals surface area contributed by atoms with Crippen molar-refractivity contribution in [1.29, 1.82) is 0 Å². The lowest BCUT2D eigenvalue weighted by molar-refractivity contribution is 0.0954. The van der Waals surface area contributed by atoms with E-state index < -0.39 is 0 Å². The zero-order chi connectivity index (χ0) is 18.4. The Morgan fingerprint density at radius 2 is 2.00 bits per heavy atom. The van der Waals surface area contributed by atoms with Gasteiger partial charge in [0, 0.05) is 37.7 Å². The van der Waals surface area contributed by atoms with Crippen LogP contribution in [-0.2, 0) is 0 Å². The Morgan fingerprint density at radius 3 is 2.68 bits per heavy atom. The van der Waals surface area contributed by atoms with Crippen molar-refractivity contribution in [2.75, 3.05) is 44.5 Å². The summed E-state index contributed by atoms with van der Waals surface area (Å²) < 4.78 is 5.88. The lowest BCUT2D eigenvalue weighted by Crippen LogP contribution is -2.29. The van der Waals surface area contributed by atoms with Gasteiger partial charge in [-0.1, -0.05) is 0 Å². The first-order chi connectivity index (χ1) is 11.9. The van der Waals surface area contributed by atoms with Gasteiger partial charge in [-0.2, -0.15) is 0 Å². The van der Waals surface area contributed by atoms with Crippen molar-refractivity contribution < 1.29 is 9.53 Å². The van der Waals surface area contributed by atoms with Gasteiger partial charge >= 0.3 is 0 Å². The Labute approximate surface area is 155 Å². The van der Waals surface area contributed by atoms with Crippen LogP contribution in [0.15, 0.2) is 28.7 Å². The van der Waals surface area contributed by atoms with E-state index in [1.165, 1.54) is 0 Å². The molecule has 0 aliphatic heterocycles. The Morgan fingerprint density at radius 1 is 1.24 bits per heavy atom. The minimum Gasteiger partial charge on any atom is -0.497 e. The van der Waals surface area contributed by atoms with Crippen LogP contribution in [0.2, 0.25) is 0 Å². The SMILES string of the molecule is COc1ccc(Br)c(C(=O)NCCNc2cc(N(C)C)nc(C)n2)c1. The van der Waals surface area contributed by atoms with Crippen molar-refractivity contribution in [1.82, 2.24) is 15.3 Å². The Balaban J connectivity index is 1.90. The molecule has 0 atom stereocenters. The van der Waals surface area contributed by atoms with Crippen molar-refractivity contribution in [3.05, 3.63) is 40.1 Å². The molecule has 1 aromatic heterocycles. The van der Waals surface area contributed by atoms with Crippen molar-refractivity contribution in [2.45, 2.75) is 6.92 Å². The topological polar surface area (TPSA) is 79.4 Å². The normalized spacial score (nSPS) is 10.3. The number of nitrogens with one attached hydrogen (secondary N) is 2. The molecular formula is C17H22BrN5O2. The highest BCUT2D eigenvalue weighted by Crippen LogP contribution is 2.22. The second-order valence-corrected chi connectivity index (χ2v) is 6.44. The molecule has 25 heavy (non-hydrogen) atoms. The van der Waals surface area contributed by atoms with E-state index in [1.54, 1.807) is 25.3 Å². The van der Waals surface area contributed by atoms with Crippen molar-refractivity contribution in [2.24, 2.45) is 0 Å². The van der Waals surface area contributed by atoms with E-state index >= 15 is 0 Å². The molecular weight excluding hydrogens is 386 g/mol. The van der Waals surface area contributed by atoms with Crippen molar-refractivity contribution in [3.8, 4) is 5.75 Å². The molecule has 0 fully saturated rings. The molecule has 0 radical (unpaired) electrons. The van der Waals surface area contributed by atoms with E-state index in [0.29, 0.717) is 30.2 Å². The van der Waals surface area contributed by atoms with E-state index in [1.807, 2.05) is 32.0 Å². The highest BCUT2D eigenvalue weighted by atomic mass is 79.9. The fraction of sp³-hybridized carbons (Fsp3) is 0.353. The maximum absolute atomic E-state index is 12.3. The van der Waals surface area contributed by atoms with Crippen molar-refractivity contribution in [3.63, 3.8) is 0 Å². The molecule has 0 unspecified atom stereocenters. The average molecular weight is 408 g/mol. The zero-order valence-corrected chi connectivity index (χ0v) is 16.3. The van der Waals surface area contributed by atoms with Gasteiger partial charge < -0.3 is 20.3 Å². The van der Waals surface area contributed by atoms with Gasteiger partial charge in [0.15, 0.2) is 0 Å². The number of anilines is 2. The molecule has 2 N–H and O–H groups in total. The van der Waals surface area contributed by atoms with E-state index in [2.05, 4.69) is 36.5 Å². The minimum absolute atomic E-state index is 0.166. The van der Waals surface area contributed by atoms with Gasteiger partial charge in [-0.15, -0.1) is 0 Å². The first-order valence-electron chi connectivity index (χ1n) is 7.79. The third kappa shape index (κ3) is 5.32. The molecule has 2 aromatic rings. The number of nitrogens with zero attached hydrogens (tertiary/aromatic N) is 3. The second kappa shape index (κ2) is 8.66. The van der Waals surface area contributed by atoms with Crippen LogP contribution in [0.5, 0.6) is 5.75 Å². The Hall–Kier alpha value is -2.35. The molecule has 0 saturated carbocycles.